The molecule has 0 atom stereocenters. The monoisotopic (exact) mass is 558 g/mol. The molecule has 4 heteroatoms. The third-order valence-electron chi connectivity index (χ3n) is 10.5. The van der Waals surface area contributed by atoms with E-state index in [-0.39, 0.29) is 11.8 Å². The van der Waals surface area contributed by atoms with Crippen LogP contribution in [0.25, 0.3) is 0 Å². The lowest BCUT2D eigenvalue weighted by atomic mass is 9.74. The molecule has 0 unspecified atom stereocenters. The van der Waals surface area contributed by atoms with Gasteiger partial charge in [0.1, 0.15) is 0 Å². The summed E-state index contributed by atoms with van der Waals surface area (Å²) < 4.78 is 55.2. The summed E-state index contributed by atoms with van der Waals surface area (Å²) in [6, 6.07) is 6.98. The SMILES string of the molecule is Cc1ccc(C2CCC(C)CC2)c(F)c1F.Cc1ccc(C2CCC(CCC3CCC(C)CC3)CC2)c(F)c1F. The number of rotatable bonds is 5. The van der Waals surface area contributed by atoms with Gasteiger partial charge in [-0.2, -0.15) is 0 Å². The van der Waals surface area contributed by atoms with Gasteiger partial charge in [-0.3, -0.25) is 0 Å². The summed E-state index contributed by atoms with van der Waals surface area (Å²) in [5.74, 6) is 1.29. The van der Waals surface area contributed by atoms with Crippen molar-refractivity contribution in [2.45, 2.75) is 129 Å². The second-order valence-electron chi connectivity index (χ2n) is 13.6. The Morgan fingerprint density at radius 3 is 1.20 bits per heavy atom. The molecule has 0 saturated heterocycles. The molecule has 0 aliphatic heterocycles. The molecule has 3 aliphatic rings. The summed E-state index contributed by atoms with van der Waals surface area (Å²) in [7, 11) is 0. The summed E-state index contributed by atoms with van der Waals surface area (Å²) in [6.45, 7) is 7.84. The van der Waals surface area contributed by atoms with Crippen molar-refractivity contribution in [2.75, 3.05) is 0 Å². The van der Waals surface area contributed by atoms with Gasteiger partial charge in [-0.05, 0) is 110 Å². The second kappa shape index (κ2) is 14.4. The molecule has 222 valence electrons. The van der Waals surface area contributed by atoms with Crippen LogP contribution in [0.2, 0.25) is 0 Å². The van der Waals surface area contributed by atoms with Crippen molar-refractivity contribution in [1.29, 1.82) is 0 Å². The Labute approximate surface area is 240 Å². The van der Waals surface area contributed by atoms with Crippen LogP contribution in [0.15, 0.2) is 24.3 Å². The predicted octanol–water partition coefficient (Wildman–Crippen LogP) is 11.7. The molecule has 2 aromatic carbocycles. The number of aryl methyl sites for hydroxylation is 2. The van der Waals surface area contributed by atoms with Gasteiger partial charge >= 0.3 is 0 Å². The van der Waals surface area contributed by atoms with Crippen LogP contribution in [0.1, 0.15) is 138 Å². The Balaban J connectivity index is 0.000000201. The van der Waals surface area contributed by atoms with Crippen LogP contribution in [0.4, 0.5) is 17.6 Å². The van der Waals surface area contributed by atoms with Crippen molar-refractivity contribution in [3.63, 3.8) is 0 Å². The zero-order valence-electron chi connectivity index (χ0n) is 25.2. The molecule has 0 amide bonds. The van der Waals surface area contributed by atoms with Gasteiger partial charge in [-0.1, -0.05) is 89.5 Å². The molecule has 3 aliphatic carbocycles. The molecule has 0 nitrogen and oxygen atoms in total. The fourth-order valence-electron chi connectivity index (χ4n) is 7.37. The fourth-order valence-corrected chi connectivity index (χ4v) is 7.37. The van der Waals surface area contributed by atoms with Gasteiger partial charge < -0.3 is 0 Å². The minimum absolute atomic E-state index is 0.214. The standard InChI is InChI=1S/C22H32F2.C14H18F2/c1-15-3-6-17(7-4-15)8-9-18-10-12-19(13-11-18)20-14-5-16(2)21(23)22(20)24;1-9-3-6-11(7-4-9)12-8-5-10(2)13(15)14(12)16/h5,14-15,17-19H,3-4,6-13H2,1-2H3;5,8-9,11H,3-4,6-7H2,1-2H3. The third kappa shape index (κ3) is 7.91. The number of hydrogen-bond donors (Lipinski definition) is 0. The molecule has 3 saturated carbocycles. The molecule has 2 aromatic rings. The molecule has 0 aromatic heterocycles. The van der Waals surface area contributed by atoms with Gasteiger partial charge in [-0.25, -0.2) is 17.6 Å². The minimum atomic E-state index is -0.670. The maximum absolute atomic E-state index is 14.2. The lowest BCUT2D eigenvalue weighted by Gasteiger charge is -2.31. The quantitative estimate of drug-likeness (QED) is 0.320. The molecule has 0 heterocycles. The van der Waals surface area contributed by atoms with Crippen LogP contribution in [-0.2, 0) is 0 Å². The summed E-state index contributed by atoms with van der Waals surface area (Å²) in [4.78, 5) is 0. The van der Waals surface area contributed by atoms with Gasteiger partial charge in [-0.15, -0.1) is 0 Å². The van der Waals surface area contributed by atoms with Crippen LogP contribution in [0.5, 0.6) is 0 Å². The molecular weight excluding hydrogens is 508 g/mol. The zero-order valence-corrected chi connectivity index (χ0v) is 25.2. The van der Waals surface area contributed by atoms with E-state index in [1.807, 2.05) is 6.07 Å². The molecule has 5 rings (SSSR count). The maximum Gasteiger partial charge on any atom is 0.162 e. The second-order valence-corrected chi connectivity index (χ2v) is 13.6. The molecular formula is C36H50F4. The fraction of sp³-hybridized carbons (Fsp3) is 0.667. The summed E-state index contributed by atoms with van der Waals surface area (Å²) in [5.41, 5.74) is 1.99. The summed E-state index contributed by atoms with van der Waals surface area (Å²) in [5, 5.41) is 0. The van der Waals surface area contributed by atoms with Crippen molar-refractivity contribution < 1.29 is 17.6 Å². The van der Waals surface area contributed by atoms with Gasteiger partial charge in [0, 0.05) is 0 Å². The lowest BCUT2D eigenvalue weighted by molar-refractivity contribution is 0.236. The summed E-state index contributed by atoms with van der Waals surface area (Å²) >= 11 is 0. The average Bonchev–Trinajstić information content (AvgIpc) is 2.96. The topological polar surface area (TPSA) is 0 Å². The number of hydrogen-bond acceptors (Lipinski definition) is 0. The first-order valence-corrected chi connectivity index (χ1v) is 16.0. The summed E-state index contributed by atoms with van der Waals surface area (Å²) in [6.07, 6.45) is 17.0. The molecule has 0 radical (unpaired) electrons. The van der Waals surface area contributed by atoms with E-state index in [1.165, 1.54) is 51.4 Å². The Morgan fingerprint density at radius 1 is 0.475 bits per heavy atom. The normalized spacial score (nSPS) is 29.0. The Morgan fingerprint density at radius 2 is 0.800 bits per heavy atom. The number of halogens is 4. The van der Waals surface area contributed by atoms with Crippen molar-refractivity contribution in [3.8, 4) is 0 Å². The Bertz CT molecular complexity index is 1080. The zero-order chi connectivity index (χ0) is 28.8. The molecule has 3 fully saturated rings. The third-order valence-corrected chi connectivity index (χ3v) is 10.5. The Hall–Kier alpha value is -1.84. The van der Waals surface area contributed by atoms with E-state index in [9.17, 15) is 17.6 Å². The van der Waals surface area contributed by atoms with E-state index in [1.54, 1.807) is 32.0 Å². The lowest BCUT2D eigenvalue weighted by Crippen LogP contribution is -2.17. The van der Waals surface area contributed by atoms with Crippen molar-refractivity contribution in [3.05, 3.63) is 69.8 Å². The first-order chi connectivity index (χ1) is 19.1. The first-order valence-electron chi connectivity index (χ1n) is 16.0. The first kappa shape index (κ1) is 31.1. The van der Waals surface area contributed by atoms with Crippen LogP contribution < -0.4 is 0 Å². The van der Waals surface area contributed by atoms with Crippen LogP contribution >= 0.6 is 0 Å². The van der Waals surface area contributed by atoms with E-state index >= 15 is 0 Å². The molecule has 40 heavy (non-hydrogen) atoms. The van der Waals surface area contributed by atoms with Crippen molar-refractivity contribution in [1.82, 2.24) is 0 Å². The van der Waals surface area contributed by atoms with Crippen LogP contribution in [0.3, 0.4) is 0 Å². The molecule has 0 bridgehead atoms. The van der Waals surface area contributed by atoms with Crippen LogP contribution in [-0.4, -0.2) is 0 Å². The molecule has 0 spiro atoms. The largest absolute Gasteiger partial charge is 0.203 e. The van der Waals surface area contributed by atoms with Gasteiger partial charge in [0.25, 0.3) is 0 Å². The highest BCUT2D eigenvalue weighted by molar-refractivity contribution is 5.29. The van der Waals surface area contributed by atoms with E-state index in [2.05, 4.69) is 13.8 Å². The smallest absolute Gasteiger partial charge is 0.162 e. The van der Waals surface area contributed by atoms with E-state index in [0.717, 1.165) is 62.2 Å². The van der Waals surface area contributed by atoms with Gasteiger partial charge in [0.05, 0.1) is 0 Å². The van der Waals surface area contributed by atoms with Gasteiger partial charge in [0.15, 0.2) is 23.3 Å². The Kier molecular flexibility index (Phi) is 11.2. The average molecular weight is 559 g/mol. The van der Waals surface area contributed by atoms with E-state index < -0.39 is 23.3 Å². The van der Waals surface area contributed by atoms with Gasteiger partial charge in [0.2, 0.25) is 0 Å². The highest BCUT2D eigenvalue weighted by Crippen LogP contribution is 2.41. The minimum Gasteiger partial charge on any atom is -0.203 e. The van der Waals surface area contributed by atoms with Crippen molar-refractivity contribution in [2.24, 2.45) is 23.7 Å². The highest BCUT2D eigenvalue weighted by atomic mass is 19.2. The number of benzene rings is 2. The predicted molar refractivity (Wildman–Crippen MR) is 158 cm³/mol. The highest BCUT2D eigenvalue weighted by Gasteiger charge is 2.27. The van der Waals surface area contributed by atoms with Crippen molar-refractivity contribution >= 4 is 0 Å². The maximum atomic E-state index is 14.2. The van der Waals surface area contributed by atoms with Crippen LogP contribution in [0, 0.1) is 60.8 Å². The molecule has 0 N–H and O–H groups in total. The van der Waals surface area contributed by atoms with E-state index in [4.69, 9.17) is 0 Å². The van der Waals surface area contributed by atoms with E-state index in [0.29, 0.717) is 22.3 Å².